The molecule has 2 bridgehead atoms. The van der Waals surface area contributed by atoms with Crippen LogP contribution in [0.3, 0.4) is 0 Å². The van der Waals surface area contributed by atoms with Crippen molar-refractivity contribution in [3.05, 3.63) is 23.3 Å². The third-order valence-electron chi connectivity index (χ3n) is 8.26. The van der Waals surface area contributed by atoms with Gasteiger partial charge in [-0.05, 0) is 62.6 Å². The molecule has 5 atom stereocenters. The van der Waals surface area contributed by atoms with Crippen LogP contribution in [0.15, 0.2) is 12.1 Å². The van der Waals surface area contributed by atoms with Crippen LogP contribution in [-0.2, 0) is 11.8 Å². The lowest BCUT2D eigenvalue weighted by atomic mass is 9.48. The molecule has 0 amide bonds. The zero-order valence-corrected chi connectivity index (χ0v) is 15.0. The predicted octanol–water partition coefficient (Wildman–Crippen LogP) is 1.71. The summed E-state index contributed by atoms with van der Waals surface area (Å²) in [5, 5.41) is 33.2. The maximum atomic E-state index is 12.1. The molecule has 5 heteroatoms. The zero-order valence-electron chi connectivity index (χ0n) is 15.0. The summed E-state index contributed by atoms with van der Waals surface area (Å²) in [6.07, 6.45) is 5.68. The van der Waals surface area contributed by atoms with Gasteiger partial charge in [0.1, 0.15) is 6.10 Å². The van der Waals surface area contributed by atoms with Crippen molar-refractivity contribution in [1.29, 1.82) is 0 Å². The second-order valence-corrected chi connectivity index (χ2v) is 9.25. The lowest BCUT2D eigenvalue weighted by Crippen LogP contribution is -2.77. The number of aliphatic hydroxyl groups excluding tert-OH is 1. The van der Waals surface area contributed by atoms with Crippen LogP contribution in [0, 0.1) is 5.92 Å². The molecule has 26 heavy (non-hydrogen) atoms. The number of likely N-dealkylation sites (tertiary alicyclic amines) is 1. The first kappa shape index (κ1) is 15.7. The summed E-state index contributed by atoms with van der Waals surface area (Å²) in [4.78, 5) is 2.53. The minimum Gasteiger partial charge on any atom is -0.504 e. The van der Waals surface area contributed by atoms with Crippen molar-refractivity contribution in [2.45, 2.75) is 74.2 Å². The Labute approximate surface area is 153 Å². The summed E-state index contributed by atoms with van der Waals surface area (Å²) in [7, 11) is 0. The number of piperidine rings is 1. The Balaban J connectivity index is 1.52. The van der Waals surface area contributed by atoms with Crippen molar-refractivity contribution in [2.24, 2.45) is 5.92 Å². The second-order valence-electron chi connectivity index (χ2n) is 9.25. The van der Waals surface area contributed by atoms with E-state index in [4.69, 9.17) is 4.74 Å². The quantitative estimate of drug-likeness (QED) is 0.751. The van der Waals surface area contributed by atoms with E-state index >= 15 is 0 Å². The van der Waals surface area contributed by atoms with E-state index in [9.17, 15) is 15.3 Å². The van der Waals surface area contributed by atoms with E-state index < -0.39 is 23.2 Å². The van der Waals surface area contributed by atoms with E-state index in [1.54, 1.807) is 6.07 Å². The van der Waals surface area contributed by atoms with Crippen molar-refractivity contribution >= 4 is 0 Å². The highest BCUT2D eigenvalue weighted by molar-refractivity contribution is 5.62. The van der Waals surface area contributed by atoms with Gasteiger partial charge in [0.25, 0.3) is 0 Å². The molecule has 3 aliphatic carbocycles. The van der Waals surface area contributed by atoms with Gasteiger partial charge in [0.05, 0.1) is 17.1 Å². The number of hydrogen-bond donors (Lipinski definition) is 3. The van der Waals surface area contributed by atoms with Crippen molar-refractivity contribution in [3.63, 3.8) is 0 Å². The standard InChI is InChI=1S/C21H27NO4/c23-14-5-4-13-10-16-21(25)7-6-15(24)19-20(21,17(13)18(14)26-19)8-9-22(16)11-12-2-1-3-12/h4-5,12,15-16,19,23-25H,1-3,6-11H2/t15-,16-,19+,20+,21?/m1/s1. The highest BCUT2D eigenvalue weighted by atomic mass is 16.5. The molecule has 5 aliphatic rings. The average Bonchev–Trinajstić information content (AvgIpc) is 2.93. The van der Waals surface area contributed by atoms with E-state index in [0.29, 0.717) is 18.6 Å². The topological polar surface area (TPSA) is 73.2 Å². The van der Waals surface area contributed by atoms with Crippen LogP contribution < -0.4 is 4.74 Å². The lowest BCUT2D eigenvalue weighted by Gasteiger charge is -2.64. The molecule has 1 spiro atoms. The molecule has 1 aromatic rings. The summed E-state index contributed by atoms with van der Waals surface area (Å²) in [6.45, 7) is 2.02. The van der Waals surface area contributed by atoms with Crippen LogP contribution >= 0.6 is 0 Å². The number of nitrogens with zero attached hydrogens (tertiary/aromatic N) is 1. The van der Waals surface area contributed by atoms with Gasteiger partial charge in [-0.3, -0.25) is 4.90 Å². The molecule has 3 N–H and O–H groups in total. The Bertz CT molecular complexity index is 778. The van der Waals surface area contributed by atoms with Crippen LogP contribution in [0.4, 0.5) is 0 Å². The minimum atomic E-state index is -0.884. The van der Waals surface area contributed by atoms with Gasteiger partial charge < -0.3 is 20.1 Å². The predicted molar refractivity (Wildman–Crippen MR) is 95.4 cm³/mol. The molecule has 3 fully saturated rings. The first-order chi connectivity index (χ1) is 12.5. The SMILES string of the molecule is Oc1ccc2c3c1O[C@H]1[C@H](O)CCC4(O)[C@@H](C2)N(CC2CCC2)CC[C@]314. The fourth-order valence-electron chi connectivity index (χ4n) is 6.83. The first-order valence-electron chi connectivity index (χ1n) is 10.2. The largest absolute Gasteiger partial charge is 0.504 e. The van der Waals surface area contributed by atoms with E-state index in [1.165, 1.54) is 24.8 Å². The Kier molecular flexibility index (Phi) is 2.99. The fourth-order valence-corrected chi connectivity index (χ4v) is 6.83. The molecule has 2 heterocycles. The van der Waals surface area contributed by atoms with Gasteiger partial charge in [-0.2, -0.15) is 0 Å². The average molecular weight is 357 g/mol. The zero-order chi connectivity index (χ0) is 17.7. The van der Waals surface area contributed by atoms with Crippen molar-refractivity contribution in [2.75, 3.05) is 13.1 Å². The van der Waals surface area contributed by atoms with Crippen LogP contribution in [0.1, 0.15) is 49.7 Å². The van der Waals surface area contributed by atoms with Gasteiger partial charge in [0.15, 0.2) is 11.5 Å². The molecule has 5 nitrogen and oxygen atoms in total. The second kappa shape index (κ2) is 4.94. The molecule has 140 valence electrons. The molecular weight excluding hydrogens is 330 g/mol. The van der Waals surface area contributed by atoms with E-state index in [2.05, 4.69) is 4.90 Å². The van der Waals surface area contributed by atoms with Crippen molar-refractivity contribution in [3.8, 4) is 11.5 Å². The molecule has 1 aromatic carbocycles. The summed E-state index contributed by atoms with van der Waals surface area (Å²) in [5.41, 5.74) is 0.712. The summed E-state index contributed by atoms with van der Waals surface area (Å²) >= 11 is 0. The number of aromatic hydroxyl groups is 1. The van der Waals surface area contributed by atoms with Crippen LogP contribution in [-0.4, -0.2) is 57.2 Å². The summed E-state index contributed by atoms with van der Waals surface area (Å²) in [6, 6.07) is 3.80. The number of hydrogen-bond acceptors (Lipinski definition) is 5. The molecule has 0 aromatic heterocycles. The summed E-state index contributed by atoms with van der Waals surface area (Å²) in [5.74, 6) is 1.42. The third-order valence-corrected chi connectivity index (χ3v) is 8.26. The molecule has 2 saturated carbocycles. The van der Waals surface area contributed by atoms with Crippen LogP contribution in [0.5, 0.6) is 11.5 Å². The number of ether oxygens (including phenoxy) is 1. The van der Waals surface area contributed by atoms with Crippen molar-refractivity contribution < 1.29 is 20.1 Å². The molecule has 2 aliphatic heterocycles. The highest BCUT2D eigenvalue weighted by Gasteiger charge is 2.72. The first-order valence-corrected chi connectivity index (χ1v) is 10.2. The Morgan fingerprint density at radius 3 is 2.81 bits per heavy atom. The lowest BCUT2D eigenvalue weighted by molar-refractivity contribution is -0.209. The van der Waals surface area contributed by atoms with Gasteiger partial charge in [-0.25, -0.2) is 0 Å². The number of aliphatic hydroxyl groups is 2. The van der Waals surface area contributed by atoms with Gasteiger partial charge >= 0.3 is 0 Å². The van der Waals surface area contributed by atoms with Gasteiger partial charge in [0, 0.05) is 18.2 Å². The monoisotopic (exact) mass is 357 g/mol. The Morgan fingerprint density at radius 1 is 1.19 bits per heavy atom. The maximum absolute atomic E-state index is 12.1. The third kappa shape index (κ3) is 1.64. The fraction of sp³-hybridized carbons (Fsp3) is 0.714. The molecule has 0 radical (unpaired) electrons. The van der Waals surface area contributed by atoms with Crippen LogP contribution in [0.2, 0.25) is 0 Å². The Hall–Kier alpha value is -1.30. The number of benzene rings is 1. The summed E-state index contributed by atoms with van der Waals surface area (Å²) < 4.78 is 6.16. The molecular formula is C21H27NO4. The Morgan fingerprint density at radius 2 is 2.04 bits per heavy atom. The molecule has 1 saturated heterocycles. The minimum absolute atomic E-state index is 0.0819. The van der Waals surface area contributed by atoms with Gasteiger partial charge in [-0.1, -0.05) is 12.5 Å². The maximum Gasteiger partial charge on any atom is 0.165 e. The van der Waals surface area contributed by atoms with Crippen molar-refractivity contribution in [1.82, 2.24) is 4.90 Å². The van der Waals surface area contributed by atoms with Gasteiger partial charge in [-0.15, -0.1) is 0 Å². The van der Waals surface area contributed by atoms with E-state index in [-0.39, 0.29) is 11.8 Å². The smallest absolute Gasteiger partial charge is 0.165 e. The number of phenolic OH excluding ortho intramolecular Hbond substituents is 1. The highest BCUT2D eigenvalue weighted by Crippen LogP contribution is 2.65. The number of rotatable bonds is 2. The molecule has 6 rings (SSSR count). The van der Waals surface area contributed by atoms with Crippen LogP contribution in [0.25, 0.3) is 0 Å². The van der Waals surface area contributed by atoms with E-state index in [0.717, 1.165) is 37.4 Å². The number of phenols is 1. The molecule has 1 unspecified atom stereocenters. The van der Waals surface area contributed by atoms with Gasteiger partial charge in [0.2, 0.25) is 0 Å². The normalized spacial score (nSPS) is 43.5. The van der Waals surface area contributed by atoms with E-state index in [1.807, 2.05) is 6.07 Å².